The van der Waals surface area contributed by atoms with Gasteiger partial charge in [-0.3, -0.25) is 0 Å². The minimum atomic E-state index is 0.670. The van der Waals surface area contributed by atoms with Crippen molar-refractivity contribution in [2.24, 2.45) is 0 Å². The van der Waals surface area contributed by atoms with Crippen LogP contribution in [-0.4, -0.2) is 7.11 Å². The Morgan fingerprint density at radius 2 is 2.18 bits per heavy atom. The number of benzene rings is 1. The Hall–Kier alpha value is -1.49. The lowest BCUT2D eigenvalue weighted by Crippen LogP contribution is -1.86. The first-order valence-electron chi connectivity index (χ1n) is 3.32. The van der Waals surface area contributed by atoms with Gasteiger partial charge in [-0.15, -0.1) is 0 Å². The summed E-state index contributed by atoms with van der Waals surface area (Å²) in [4.78, 5) is 0. The molecular formula is C9H9NO. The first-order chi connectivity index (χ1) is 5.27. The number of ether oxygens (including phenoxy) is 1. The number of hydrogen-bond donors (Lipinski definition) is 0. The lowest BCUT2D eigenvalue weighted by molar-refractivity contribution is 0.411. The molecular weight excluding hydrogens is 138 g/mol. The molecule has 1 rings (SSSR count). The van der Waals surface area contributed by atoms with Gasteiger partial charge in [0.25, 0.3) is 0 Å². The van der Waals surface area contributed by atoms with Gasteiger partial charge in [0, 0.05) is 0 Å². The summed E-state index contributed by atoms with van der Waals surface area (Å²) in [5.74, 6) is 0.823. The van der Waals surface area contributed by atoms with Crippen LogP contribution in [0.1, 0.15) is 11.1 Å². The summed E-state index contributed by atoms with van der Waals surface area (Å²) in [6.07, 6.45) is 0. The van der Waals surface area contributed by atoms with Crippen LogP contribution in [0.2, 0.25) is 0 Å². The second-order valence-electron chi connectivity index (χ2n) is 2.30. The van der Waals surface area contributed by atoms with Gasteiger partial charge >= 0.3 is 0 Å². The SMILES string of the molecule is COc1ccc(C#N)cc1C. The monoisotopic (exact) mass is 147 g/mol. The molecule has 2 heteroatoms. The quantitative estimate of drug-likeness (QED) is 0.607. The molecule has 0 N–H and O–H groups in total. The van der Waals surface area contributed by atoms with E-state index in [1.807, 2.05) is 6.92 Å². The molecule has 0 heterocycles. The summed E-state index contributed by atoms with van der Waals surface area (Å²) in [5.41, 5.74) is 1.66. The predicted octanol–water partition coefficient (Wildman–Crippen LogP) is 1.88. The fourth-order valence-electron chi connectivity index (χ4n) is 0.948. The maximum atomic E-state index is 8.53. The van der Waals surface area contributed by atoms with Crippen molar-refractivity contribution in [2.75, 3.05) is 7.11 Å². The molecule has 0 aromatic heterocycles. The smallest absolute Gasteiger partial charge is 0.121 e. The van der Waals surface area contributed by atoms with Crippen molar-refractivity contribution >= 4 is 0 Å². The van der Waals surface area contributed by atoms with E-state index in [2.05, 4.69) is 6.07 Å². The standard InChI is InChI=1S/C9H9NO/c1-7-5-8(6-10)3-4-9(7)11-2/h3-5H,1-2H3. The summed E-state index contributed by atoms with van der Waals surface area (Å²) in [7, 11) is 1.62. The van der Waals surface area contributed by atoms with Gasteiger partial charge in [-0.2, -0.15) is 5.26 Å². The van der Waals surface area contributed by atoms with Crippen LogP contribution in [-0.2, 0) is 0 Å². The highest BCUT2D eigenvalue weighted by atomic mass is 16.5. The Labute approximate surface area is 66.0 Å². The highest BCUT2D eigenvalue weighted by Crippen LogP contribution is 2.17. The van der Waals surface area contributed by atoms with Crippen LogP contribution in [0.25, 0.3) is 0 Å². The molecule has 0 fully saturated rings. The number of nitrogens with zero attached hydrogens (tertiary/aromatic N) is 1. The summed E-state index contributed by atoms with van der Waals surface area (Å²) in [5, 5.41) is 8.53. The summed E-state index contributed by atoms with van der Waals surface area (Å²) in [6.45, 7) is 1.92. The third-order valence-electron chi connectivity index (χ3n) is 1.52. The van der Waals surface area contributed by atoms with Gasteiger partial charge in [-0.05, 0) is 30.7 Å². The fourth-order valence-corrected chi connectivity index (χ4v) is 0.948. The average Bonchev–Trinajstić information content (AvgIpc) is 2.04. The maximum Gasteiger partial charge on any atom is 0.121 e. The number of hydrogen-bond acceptors (Lipinski definition) is 2. The molecule has 0 aliphatic rings. The van der Waals surface area contributed by atoms with Crippen LogP contribution in [0, 0.1) is 18.3 Å². The summed E-state index contributed by atoms with van der Waals surface area (Å²) < 4.78 is 5.04. The Balaban J connectivity index is 3.12. The van der Waals surface area contributed by atoms with Gasteiger partial charge < -0.3 is 4.74 Å². The Kier molecular flexibility index (Phi) is 2.12. The van der Waals surface area contributed by atoms with Crippen molar-refractivity contribution in [3.63, 3.8) is 0 Å². The molecule has 11 heavy (non-hydrogen) atoms. The zero-order valence-corrected chi connectivity index (χ0v) is 6.59. The molecule has 56 valence electrons. The van der Waals surface area contributed by atoms with Crippen LogP contribution in [0.15, 0.2) is 18.2 Å². The van der Waals surface area contributed by atoms with Crippen LogP contribution in [0.5, 0.6) is 5.75 Å². The second-order valence-corrected chi connectivity index (χ2v) is 2.30. The normalized spacial score (nSPS) is 8.82. The van der Waals surface area contributed by atoms with Crippen molar-refractivity contribution < 1.29 is 4.74 Å². The van der Waals surface area contributed by atoms with E-state index in [1.54, 1.807) is 25.3 Å². The maximum absolute atomic E-state index is 8.53. The van der Waals surface area contributed by atoms with E-state index in [1.165, 1.54) is 0 Å². The molecule has 0 aliphatic carbocycles. The average molecular weight is 147 g/mol. The molecule has 0 aliphatic heterocycles. The van der Waals surface area contributed by atoms with Crippen molar-refractivity contribution in [1.82, 2.24) is 0 Å². The molecule has 0 saturated carbocycles. The third kappa shape index (κ3) is 1.50. The molecule has 0 saturated heterocycles. The number of methoxy groups -OCH3 is 1. The summed E-state index contributed by atoms with van der Waals surface area (Å²) in [6, 6.07) is 7.41. The Bertz CT molecular complexity index is 299. The van der Waals surface area contributed by atoms with E-state index in [0.29, 0.717) is 5.56 Å². The topological polar surface area (TPSA) is 33.0 Å². The molecule has 1 aromatic rings. The minimum absolute atomic E-state index is 0.670. The van der Waals surface area contributed by atoms with Crippen LogP contribution in [0.3, 0.4) is 0 Å². The molecule has 0 amide bonds. The fraction of sp³-hybridized carbons (Fsp3) is 0.222. The van der Waals surface area contributed by atoms with E-state index < -0.39 is 0 Å². The van der Waals surface area contributed by atoms with Crippen molar-refractivity contribution in [1.29, 1.82) is 5.26 Å². The van der Waals surface area contributed by atoms with Gasteiger partial charge in [0.1, 0.15) is 5.75 Å². The second kappa shape index (κ2) is 3.07. The molecule has 0 unspecified atom stereocenters. The third-order valence-corrected chi connectivity index (χ3v) is 1.52. The van der Waals surface area contributed by atoms with Crippen LogP contribution < -0.4 is 4.74 Å². The van der Waals surface area contributed by atoms with E-state index >= 15 is 0 Å². The van der Waals surface area contributed by atoms with Crippen molar-refractivity contribution in [3.05, 3.63) is 29.3 Å². The summed E-state index contributed by atoms with van der Waals surface area (Å²) >= 11 is 0. The Morgan fingerprint density at radius 1 is 1.45 bits per heavy atom. The van der Waals surface area contributed by atoms with E-state index in [9.17, 15) is 0 Å². The molecule has 1 aromatic carbocycles. The largest absolute Gasteiger partial charge is 0.496 e. The highest BCUT2D eigenvalue weighted by molar-refractivity contribution is 5.40. The first-order valence-corrected chi connectivity index (χ1v) is 3.32. The zero-order chi connectivity index (χ0) is 8.27. The van der Waals surface area contributed by atoms with Crippen molar-refractivity contribution in [2.45, 2.75) is 6.92 Å². The molecule has 2 nitrogen and oxygen atoms in total. The number of rotatable bonds is 1. The first kappa shape index (κ1) is 7.62. The lowest BCUT2D eigenvalue weighted by Gasteiger charge is -2.02. The van der Waals surface area contributed by atoms with Gasteiger partial charge in [0.2, 0.25) is 0 Å². The molecule has 0 atom stereocenters. The molecule has 0 spiro atoms. The van der Waals surface area contributed by atoms with E-state index in [4.69, 9.17) is 10.00 Å². The number of aryl methyl sites for hydroxylation is 1. The minimum Gasteiger partial charge on any atom is -0.496 e. The molecule has 0 radical (unpaired) electrons. The van der Waals surface area contributed by atoms with Gasteiger partial charge in [-0.25, -0.2) is 0 Å². The van der Waals surface area contributed by atoms with Gasteiger partial charge in [0.05, 0.1) is 18.7 Å². The van der Waals surface area contributed by atoms with Crippen LogP contribution >= 0.6 is 0 Å². The number of nitriles is 1. The highest BCUT2D eigenvalue weighted by Gasteiger charge is 1.97. The zero-order valence-electron chi connectivity index (χ0n) is 6.59. The Morgan fingerprint density at radius 3 is 2.64 bits per heavy atom. The van der Waals surface area contributed by atoms with E-state index in [-0.39, 0.29) is 0 Å². The van der Waals surface area contributed by atoms with Gasteiger partial charge in [0.15, 0.2) is 0 Å². The van der Waals surface area contributed by atoms with Crippen LogP contribution in [0.4, 0.5) is 0 Å². The predicted molar refractivity (Wildman–Crippen MR) is 42.4 cm³/mol. The van der Waals surface area contributed by atoms with Gasteiger partial charge in [-0.1, -0.05) is 0 Å². The van der Waals surface area contributed by atoms with Crippen molar-refractivity contribution in [3.8, 4) is 11.8 Å². The lowest BCUT2D eigenvalue weighted by atomic mass is 10.1. The molecule has 0 bridgehead atoms. The van der Waals surface area contributed by atoms with E-state index in [0.717, 1.165) is 11.3 Å².